The summed E-state index contributed by atoms with van der Waals surface area (Å²) in [6.07, 6.45) is 4.63. The van der Waals surface area contributed by atoms with Crippen molar-refractivity contribution in [1.29, 1.82) is 0 Å². The van der Waals surface area contributed by atoms with Crippen LogP contribution in [0.2, 0.25) is 0 Å². The van der Waals surface area contributed by atoms with E-state index in [1.54, 1.807) is 17.7 Å². The highest BCUT2D eigenvalue weighted by atomic mass is 32.1. The van der Waals surface area contributed by atoms with E-state index in [4.69, 9.17) is 0 Å². The Kier molecular flexibility index (Phi) is 3.73. The number of hydrogen-bond donors (Lipinski definition) is 1. The van der Waals surface area contributed by atoms with Crippen molar-refractivity contribution in [3.05, 3.63) is 23.2 Å². The summed E-state index contributed by atoms with van der Waals surface area (Å²) < 4.78 is 1.99. The quantitative estimate of drug-likeness (QED) is 0.884. The third-order valence-corrected chi connectivity index (χ3v) is 3.29. The number of rotatable bonds is 5. The van der Waals surface area contributed by atoms with Gasteiger partial charge in [0, 0.05) is 19.7 Å². The average molecular weight is 251 g/mol. The fourth-order valence-corrected chi connectivity index (χ4v) is 2.43. The first-order chi connectivity index (χ1) is 8.15. The van der Waals surface area contributed by atoms with Crippen molar-refractivity contribution in [1.82, 2.24) is 19.7 Å². The molecule has 0 atom stereocenters. The monoisotopic (exact) mass is 251 g/mol. The van der Waals surface area contributed by atoms with Crippen LogP contribution in [0.1, 0.15) is 24.5 Å². The number of imidazole rings is 1. The van der Waals surface area contributed by atoms with Crippen LogP contribution in [0.5, 0.6) is 0 Å². The zero-order valence-corrected chi connectivity index (χ0v) is 11.2. The Morgan fingerprint density at radius 1 is 1.41 bits per heavy atom. The Hall–Kier alpha value is -1.43. The standard InChI is InChI=1S/C11H17N5S/c1-8(2)4-10-14-15-11(17-10)13-6-9-5-12-7-16(9)3/h5,7-8H,4,6H2,1-3H3,(H,13,15). The molecule has 0 fully saturated rings. The lowest BCUT2D eigenvalue weighted by Gasteiger charge is -2.02. The number of hydrogen-bond acceptors (Lipinski definition) is 5. The predicted molar refractivity (Wildman–Crippen MR) is 69.0 cm³/mol. The molecule has 0 spiro atoms. The van der Waals surface area contributed by atoms with E-state index in [1.165, 1.54) is 0 Å². The lowest BCUT2D eigenvalue weighted by atomic mass is 10.1. The maximum Gasteiger partial charge on any atom is 0.205 e. The van der Waals surface area contributed by atoms with Crippen molar-refractivity contribution < 1.29 is 0 Å². The SMILES string of the molecule is CC(C)Cc1nnc(NCc2cncn2C)s1. The Morgan fingerprint density at radius 2 is 2.24 bits per heavy atom. The Bertz CT molecular complexity index is 474. The lowest BCUT2D eigenvalue weighted by Crippen LogP contribution is -2.03. The molecule has 6 heteroatoms. The molecular formula is C11H17N5S. The van der Waals surface area contributed by atoms with Gasteiger partial charge in [0.05, 0.1) is 18.6 Å². The molecule has 0 aliphatic carbocycles. The van der Waals surface area contributed by atoms with Gasteiger partial charge in [-0.1, -0.05) is 25.2 Å². The first-order valence-corrected chi connectivity index (χ1v) is 6.48. The lowest BCUT2D eigenvalue weighted by molar-refractivity contribution is 0.640. The van der Waals surface area contributed by atoms with Crippen LogP contribution in [0.4, 0.5) is 5.13 Å². The average Bonchev–Trinajstić information content (AvgIpc) is 2.84. The Balaban J connectivity index is 1.91. The molecule has 0 bridgehead atoms. The highest BCUT2D eigenvalue weighted by Crippen LogP contribution is 2.18. The van der Waals surface area contributed by atoms with E-state index in [2.05, 4.69) is 34.3 Å². The molecule has 1 N–H and O–H groups in total. The molecule has 0 aromatic carbocycles. The third-order valence-electron chi connectivity index (χ3n) is 2.39. The van der Waals surface area contributed by atoms with Gasteiger partial charge in [-0.25, -0.2) is 4.98 Å². The van der Waals surface area contributed by atoms with Crippen molar-refractivity contribution in [2.75, 3.05) is 5.32 Å². The first-order valence-electron chi connectivity index (χ1n) is 5.66. The second-order valence-corrected chi connectivity index (χ2v) is 5.51. The van der Waals surface area contributed by atoms with Gasteiger partial charge in [0.15, 0.2) is 0 Å². The van der Waals surface area contributed by atoms with Gasteiger partial charge in [-0.05, 0) is 5.92 Å². The molecule has 2 aromatic rings. The molecule has 0 saturated heterocycles. The van der Waals surface area contributed by atoms with Crippen LogP contribution < -0.4 is 5.32 Å². The van der Waals surface area contributed by atoms with E-state index in [0.717, 1.165) is 28.8 Å². The van der Waals surface area contributed by atoms with Gasteiger partial charge in [-0.3, -0.25) is 0 Å². The van der Waals surface area contributed by atoms with E-state index >= 15 is 0 Å². The fraction of sp³-hybridized carbons (Fsp3) is 0.545. The molecular weight excluding hydrogens is 234 g/mol. The molecule has 0 aliphatic heterocycles. The second kappa shape index (κ2) is 5.27. The van der Waals surface area contributed by atoms with Gasteiger partial charge in [-0.15, -0.1) is 10.2 Å². The summed E-state index contributed by atoms with van der Waals surface area (Å²) in [5.74, 6) is 0.618. The van der Waals surface area contributed by atoms with Crippen molar-refractivity contribution in [2.24, 2.45) is 13.0 Å². The van der Waals surface area contributed by atoms with E-state index < -0.39 is 0 Å². The number of nitrogens with zero attached hydrogens (tertiary/aromatic N) is 4. The first kappa shape index (κ1) is 12.0. The third kappa shape index (κ3) is 3.26. The van der Waals surface area contributed by atoms with Gasteiger partial charge in [-0.2, -0.15) is 0 Å². The maximum absolute atomic E-state index is 4.16. The van der Waals surface area contributed by atoms with Crippen LogP contribution >= 0.6 is 11.3 Å². The van der Waals surface area contributed by atoms with Gasteiger partial charge >= 0.3 is 0 Å². The summed E-state index contributed by atoms with van der Waals surface area (Å²) in [5.41, 5.74) is 1.13. The number of nitrogens with one attached hydrogen (secondary N) is 1. The molecule has 2 rings (SSSR count). The number of aryl methyl sites for hydroxylation is 1. The minimum absolute atomic E-state index is 0.618. The molecule has 0 unspecified atom stereocenters. The molecule has 92 valence electrons. The Labute approximate surface area is 105 Å². The smallest absolute Gasteiger partial charge is 0.205 e. The summed E-state index contributed by atoms with van der Waals surface area (Å²) in [6.45, 7) is 5.10. The minimum Gasteiger partial charge on any atom is -0.354 e. The predicted octanol–water partition coefficient (Wildman–Crippen LogP) is 2.08. The van der Waals surface area contributed by atoms with Crippen molar-refractivity contribution in [3.63, 3.8) is 0 Å². The second-order valence-electron chi connectivity index (χ2n) is 4.45. The highest BCUT2D eigenvalue weighted by molar-refractivity contribution is 7.15. The maximum atomic E-state index is 4.16. The van der Waals surface area contributed by atoms with Crippen molar-refractivity contribution in [3.8, 4) is 0 Å². The molecule has 2 heterocycles. The van der Waals surface area contributed by atoms with E-state index in [1.807, 2.05) is 17.8 Å². The summed E-state index contributed by atoms with van der Waals surface area (Å²) in [4.78, 5) is 4.07. The van der Waals surface area contributed by atoms with E-state index in [0.29, 0.717) is 5.92 Å². The number of aromatic nitrogens is 4. The van der Waals surface area contributed by atoms with Crippen molar-refractivity contribution in [2.45, 2.75) is 26.8 Å². The fourth-order valence-electron chi connectivity index (χ4n) is 1.48. The van der Waals surface area contributed by atoms with Crippen LogP contribution in [0, 0.1) is 5.92 Å². The molecule has 2 aromatic heterocycles. The topological polar surface area (TPSA) is 55.6 Å². The zero-order chi connectivity index (χ0) is 12.3. The van der Waals surface area contributed by atoms with E-state index in [9.17, 15) is 0 Å². The summed E-state index contributed by atoms with van der Waals surface area (Å²) in [7, 11) is 1.98. The number of anilines is 1. The molecule has 0 radical (unpaired) electrons. The normalized spacial score (nSPS) is 11.1. The largest absolute Gasteiger partial charge is 0.354 e. The van der Waals surface area contributed by atoms with Crippen molar-refractivity contribution >= 4 is 16.5 Å². The highest BCUT2D eigenvalue weighted by Gasteiger charge is 2.06. The minimum atomic E-state index is 0.618. The van der Waals surface area contributed by atoms with Crippen LogP contribution in [0.25, 0.3) is 0 Å². The molecule has 0 saturated carbocycles. The van der Waals surface area contributed by atoms with Gasteiger partial charge < -0.3 is 9.88 Å². The molecule has 17 heavy (non-hydrogen) atoms. The van der Waals surface area contributed by atoms with Crippen LogP contribution in [-0.4, -0.2) is 19.7 Å². The zero-order valence-electron chi connectivity index (χ0n) is 10.3. The molecule has 0 amide bonds. The summed E-state index contributed by atoms with van der Waals surface area (Å²) in [5, 5.41) is 13.5. The molecule has 0 aliphatic rings. The van der Waals surface area contributed by atoms with Gasteiger partial charge in [0.2, 0.25) is 5.13 Å². The van der Waals surface area contributed by atoms with Gasteiger partial charge in [0.25, 0.3) is 0 Å². The van der Waals surface area contributed by atoms with E-state index in [-0.39, 0.29) is 0 Å². The van der Waals surface area contributed by atoms with Crippen LogP contribution in [0.3, 0.4) is 0 Å². The van der Waals surface area contributed by atoms with Gasteiger partial charge in [0.1, 0.15) is 5.01 Å². The van der Waals surface area contributed by atoms with Crippen LogP contribution in [-0.2, 0) is 20.0 Å². The summed E-state index contributed by atoms with van der Waals surface area (Å²) >= 11 is 1.63. The van der Waals surface area contributed by atoms with Crippen LogP contribution in [0.15, 0.2) is 12.5 Å². The molecule has 5 nitrogen and oxygen atoms in total. The summed E-state index contributed by atoms with van der Waals surface area (Å²) in [6, 6.07) is 0. The Morgan fingerprint density at radius 3 is 2.88 bits per heavy atom.